The molecule has 0 spiro atoms. The largest absolute Gasteiger partial charge is 0.396 e. The molecule has 0 aliphatic carbocycles. The predicted octanol–water partition coefficient (Wildman–Crippen LogP) is 2.69. The van der Waals surface area contributed by atoms with Gasteiger partial charge in [0, 0.05) is 24.6 Å². The Balaban J connectivity index is 2.94. The first-order valence-corrected chi connectivity index (χ1v) is 5.34. The fourth-order valence-corrected chi connectivity index (χ4v) is 1.64. The van der Waals surface area contributed by atoms with Gasteiger partial charge in [0.25, 0.3) is 0 Å². The molecule has 14 heavy (non-hydrogen) atoms. The number of aliphatic hydroxyl groups is 1. The number of halogens is 1. The Hall–Kier alpha value is -0.380. The average molecular weight is 259 g/mol. The standard InChI is InChI=1S/C11H15BrO2/c1-11(14-2,7-8-13)9-3-5-10(12)6-4-9/h3-6,13H,7-8H2,1-2H3. The molecular formula is C11H15BrO2. The summed E-state index contributed by atoms with van der Waals surface area (Å²) < 4.78 is 6.47. The van der Waals surface area contributed by atoms with Gasteiger partial charge in [-0.15, -0.1) is 0 Å². The van der Waals surface area contributed by atoms with Crippen molar-refractivity contribution in [2.24, 2.45) is 0 Å². The van der Waals surface area contributed by atoms with Crippen LogP contribution in [0, 0.1) is 0 Å². The van der Waals surface area contributed by atoms with Crippen LogP contribution in [0.1, 0.15) is 18.9 Å². The van der Waals surface area contributed by atoms with E-state index >= 15 is 0 Å². The van der Waals surface area contributed by atoms with Gasteiger partial charge in [-0.05, 0) is 24.6 Å². The second kappa shape index (κ2) is 4.91. The molecule has 1 N–H and O–H groups in total. The van der Waals surface area contributed by atoms with Crippen molar-refractivity contribution in [2.75, 3.05) is 13.7 Å². The number of hydrogen-bond donors (Lipinski definition) is 1. The molecule has 1 aromatic rings. The van der Waals surface area contributed by atoms with Crippen LogP contribution in [0.5, 0.6) is 0 Å². The summed E-state index contributed by atoms with van der Waals surface area (Å²) in [5.74, 6) is 0. The Bertz CT molecular complexity index is 284. The summed E-state index contributed by atoms with van der Waals surface area (Å²) in [7, 11) is 1.66. The molecule has 0 saturated carbocycles. The molecule has 78 valence electrons. The summed E-state index contributed by atoms with van der Waals surface area (Å²) >= 11 is 3.38. The molecule has 1 atom stereocenters. The van der Waals surface area contributed by atoms with Gasteiger partial charge < -0.3 is 9.84 Å². The van der Waals surface area contributed by atoms with Gasteiger partial charge in [0.05, 0.1) is 5.60 Å². The first-order chi connectivity index (χ1) is 6.62. The molecule has 0 radical (unpaired) electrons. The third-order valence-corrected chi connectivity index (χ3v) is 3.02. The van der Waals surface area contributed by atoms with Crippen molar-refractivity contribution in [3.05, 3.63) is 34.3 Å². The Morgan fingerprint density at radius 2 is 1.93 bits per heavy atom. The molecule has 2 nitrogen and oxygen atoms in total. The van der Waals surface area contributed by atoms with Crippen LogP contribution in [-0.2, 0) is 10.3 Å². The highest BCUT2D eigenvalue weighted by molar-refractivity contribution is 9.10. The van der Waals surface area contributed by atoms with Gasteiger partial charge >= 0.3 is 0 Å². The zero-order valence-electron chi connectivity index (χ0n) is 8.46. The van der Waals surface area contributed by atoms with E-state index in [1.54, 1.807) is 7.11 Å². The maximum Gasteiger partial charge on any atom is 0.0921 e. The fraction of sp³-hybridized carbons (Fsp3) is 0.455. The second-order valence-corrected chi connectivity index (χ2v) is 4.33. The summed E-state index contributed by atoms with van der Waals surface area (Å²) in [6, 6.07) is 7.96. The van der Waals surface area contributed by atoms with Crippen molar-refractivity contribution >= 4 is 15.9 Å². The van der Waals surface area contributed by atoms with Gasteiger partial charge in [-0.25, -0.2) is 0 Å². The maximum absolute atomic E-state index is 8.96. The lowest BCUT2D eigenvalue weighted by Gasteiger charge is -2.28. The molecule has 0 aliphatic heterocycles. The summed E-state index contributed by atoms with van der Waals surface area (Å²) in [4.78, 5) is 0. The van der Waals surface area contributed by atoms with Crippen LogP contribution in [0.25, 0.3) is 0 Å². The van der Waals surface area contributed by atoms with Gasteiger partial charge in [-0.2, -0.15) is 0 Å². The van der Waals surface area contributed by atoms with Crippen molar-refractivity contribution < 1.29 is 9.84 Å². The lowest BCUT2D eigenvalue weighted by Crippen LogP contribution is -2.25. The number of methoxy groups -OCH3 is 1. The van der Waals surface area contributed by atoms with Crippen LogP contribution < -0.4 is 0 Å². The summed E-state index contributed by atoms with van der Waals surface area (Å²) in [5, 5.41) is 8.96. The summed E-state index contributed by atoms with van der Waals surface area (Å²) in [6.45, 7) is 2.10. The molecule has 0 aromatic heterocycles. The zero-order valence-corrected chi connectivity index (χ0v) is 10.0. The van der Waals surface area contributed by atoms with Crippen LogP contribution in [0.15, 0.2) is 28.7 Å². The van der Waals surface area contributed by atoms with Crippen LogP contribution in [-0.4, -0.2) is 18.8 Å². The van der Waals surface area contributed by atoms with Gasteiger partial charge in [0.15, 0.2) is 0 Å². The minimum absolute atomic E-state index is 0.125. The van der Waals surface area contributed by atoms with E-state index in [0.717, 1.165) is 10.0 Å². The first-order valence-electron chi connectivity index (χ1n) is 4.54. The minimum atomic E-state index is -0.393. The number of hydrogen-bond acceptors (Lipinski definition) is 2. The van der Waals surface area contributed by atoms with E-state index in [1.807, 2.05) is 31.2 Å². The van der Waals surface area contributed by atoms with E-state index in [0.29, 0.717) is 6.42 Å². The molecule has 0 heterocycles. The number of rotatable bonds is 4. The van der Waals surface area contributed by atoms with Crippen molar-refractivity contribution in [1.82, 2.24) is 0 Å². The normalized spacial score (nSPS) is 15.1. The van der Waals surface area contributed by atoms with E-state index in [9.17, 15) is 0 Å². The average Bonchev–Trinajstić information content (AvgIpc) is 2.19. The van der Waals surface area contributed by atoms with E-state index in [-0.39, 0.29) is 6.61 Å². The van der Waals surface area contributed by atoms with E-state index in [2.05, 4.69) is 15.9 Å². The Morgan fingerprint density at radius 1 is 1.36 bits per heavy atom. The van der Waals surface area contributed by atoms with Crippen LogP contribution >= 0.6 is 15.9 Å². The molecule has 1 aromatic carbocycles. The van der Waals surface area contributed by atoms with Crippen molar-refractivity contribution in [2.45, 2.75) is 18.9 Å². The highest BCUT2D eigenvalue weighted by Crippen LogP contribution is 2.28. The molecule has 3 heteroatoms. The van der Waals surface area contributed by atoms with Gasteiger partial charge in [0.2, 0.25) is 0 Å². The number of benzene rings is 1. The van der Waals surface area contributed by atoms with Crippen molar-refractivity contribution in [1.29, 1.82) is 0 Å². The first kappa shape index (κ1) is 11.7. The van der Waals surface area contributed by atoms with E-state index < -0.39 is 5.60 Å². The minimum Gasteiger partial charge on any atom is -0.396 e. The van der Waals surface area contributed by atoms with Gasteiger partial charge in [0.1, 0.15) is 0 Å². The molecule has 0 bridgehead atoms. The zero-order chi connectivity index (χ0) is 10.6. The van der Waals surface area contributed by atoms with E-state index in [1.165, 1.54) is 0 Å². The quantitative estimate of drug-likeness (QED) is 0.900. The monoisotopic (exact) mass is 258 g/mol. The van der Waals surface area contributed by atoms with Gasteiger partial charge in [-0.1, -0.05) is 28.1 Å². The smallest absolute Gasteiger partial charge is 0.0921 e. The third kappa shape index (κ3) is 2.56. The van der Waals surface area contributed by atoms with Crippen molar-refractivity contribution in [3.63, 3.8) is 0 Å². The molecule has 0 aliphatic rings. The van der Waals surface area contributed by atoms with Gasteiger partial charge in [-0.3, -0.25) is 0 Å². The molecular weight excluding hydrogens is 244 g/mol. The number of ether oxygens (including phenoxy) is 1. The summed E-state index contributed by atoms with van der Waals surface area (Å²) in [5.41, 5.74) is 0.687. The molecule has 0 fully saturated rings. The lowest BCUT2D eigenvalue weighted by molar-refractivity contribution is -0.0173. The second-order valence-electron chi connectivity index (χ2n) is 3.42. The maximum atomic E-state index is 8.96. The van der Waals surface area contributed by atoms with Crippen molar-refractivity contribution in [3.8, 4) is 0 Å². The van der Waals surface area contributed by atoms with Crippen LogP contribution in [0.3, 0.4) is 0 Å². The molecule has 1 rings (SSSR count). The Labute approximate surface area is 93.0 Å². The highest BCUT2D eigenvalue weighted by atomic mass is 79.9. The molecule has 1 unspecified atom stereocenters. The summed E-state index contributed by atoms with van der Waals surface area (Å²) in [6.07, 6.45) is 0.602. The predicted molar refractivity (Wildman–Crippen MR) is 60.2 cm³/mol. The SMILES string of the molecule is COC(C)(CCO)c1ccc(Br)cc1. The highest BCUT2D eigenvalue weighted by Gasteiger charge is 2.25. The van der Waals surface area contributed by atoms with E-state index in [4.69, 9.17) is 9.84 Å². The lowest BCUT2D eigenvalue weighted by atomic mass is 9.93. The van der Waals surface area contributed by atoms with Crippen LogP contribution in [0.4, 0.5) is 0 Å². The third-order valence-electron chi connectivity index (χ3n) is 2.49. The number of aliphatic hydroxyl groups excluding tert-OH is 1. The topological polar surface area (TPSA) is 29.5 Å². The van der Waals surface area contributed by atoms with Crippen LogP contribution in [0.2, 0.25) is 0 Å². The molecule has 0 amide bonds. The fourth-order valence-electron chi connectivity index (χ4n) is 1.38. The molecule has 0 saturated heterocycles. The Kier molecular flexibility index (Phi) is 4.11. The Morgan fingerprint density at radius 3 is 2.36 bits per heavy atom.